The molecular weight excluding hydrogens is 190 g/mol. The van der Waals surface area contributed by atoms with Crippen molar-refractivity contribution in [3.8, 4) is 0 Å². The quantitative estimate of drug-likeness (QED) is 0.773. The minimum Gasteiger partial charge on any atom is -0.313 e. The van der Waals surface area contributed by atoms with Crippen molar-refractivity contribution in [1.29, 1.82) is 0 Å². The van der Waals surface area contributed by atoms with Crippen molar-refractivity contribution < 1.29 is 0 Å². The van der Waals surface area contributed by atoms with E-state index in [9.17, 15) is 0 Å². The zero-order valence-electron chi connectivity index (χ0n) is 10.3. The zero-order chi connectivity index (χ0) is 10.8. The summed E-state index contributed by atoms with van der Waals surface area (Å²) in [7, 11) is 0. The Morgan fingerprint density at radius 1 is 1.43 bits per heavy atom. The first-order valence-electron chi connectivity index (χ1n) is 5.71. The van der Waals surface area contributed by atoms with Crippen LogP contribution in [0, 0.1) is 11.3 Å². The van der Waals surface area contributed by atoms with Crippen molar-refractivity contribution in [2.45, 2.75) is 51.8 Å². The lowest BCUT2D eigenvalue weighted by Crippen LogP contribution is -2.35. The van der Waals surface area contributed by atoms with Crippen LogP contribution in [0.15, 0.2) is 0 Å². The first kappa shape index (κ1) is 12.4. The smallest absolute Gasteiger partial charge is 0.0141 e. The van der Waals surface area contributed by atoms with Crippen molar-refractivity contribution in [3.05, 3.63) is 0 Å². The summed E-state index contributed by atoms with van der Waals surface area (Å²) in [4.78, 5) is 0. The Bertz CT molecular complexity index is 179. The molecule has 0 spiro atoms. The van der Waals surface area contributed by atoms with Crippen LogP contribution in [0.1, 0.15) is 40.5 Å². The minimum atomic E-state index is 0.555. The summed E-state index contributed by atoms with van der Waals surface area (Å²) in [6, 6.07) is 0.750. The van der Waals surface area contributed by atoms with E-state index in [0.29, 0.717) is 5.41 Å². The molecule has 0 amide bonds. The first-order valence-corrected chi connectivity index (χ1v) is 6.99. The molecule has 0 bridgehead atoms. The molecule has 0 aromatic rings. The van der Waals surface area contributed by atoms with Crippen LogP contribution in [0.3, 0.4) is 0 Å². The van der Waals surface area contributed by atoms with Gasteiger partial charge < -0.3 is 5.32 Å². The van der Waals surface area contributed by atoms with Crippen LogP contribution < -0.4 is 5.32 Å². The Kier molecular flexibility index (Phi) is 4.32. The van der Waals surface area contributed by atoms with Crippen LogP contribution in [-0.4, -0.2) is 24.1 Å². The normalized spacial score (nSPS) is 33.2. The van der Waals surface area contributed by atoms with Gasteiger partial charge in [0.05, 0.1) is 0 Å². The van der Waals surface area contributed by atoms with Crippen molar-refractivity contribution in [2.75, 3.05) is 12.8 Å². The Hall–Kier alpha value is 0.310. The molecule has 14 heavy (non-hydrogen) atoms. The average Bonchev–Trinajstić information content (AvgIpc) is 2.35. The summed E-state index contributed by atoms with van der Waals surface area (Å²) in [5.74, 6) is 0.846. The van der Waals surface area contributed by atoms with E-state index in [4.69, 9.17) is 0 Å². The second-order valence-corrected chi connectivity index (χ2v) is 6.89. The highest BCUT2D eigenvalue weighted by Gasteiger charge is 2.36. The average molecular weight is 215 g/mol. The number of thioether (sulfide) groups is 1. The maximum absolute atomic E-state index is 3.72. The third-order valence-electron chi connectivity index (χ3n) is 3.40. The van der Waals surface area contributed by atoms with E-state index >= 15 is 0 Å². The molecule has 2 heteroatoms. The molecule has 1 saturated carbocycles. The highest BCUT2D eigenvalue weighted by atomic mass is 32.2. The van der Waals surface area contributed by atoms with Gasteiger partial charge in [-0.25, -0.2) is 0 Å². The Labute approximate surface area is 93.4 Å². The predicted molar refractivity (Wildman–Crippen MR) is 66.9 cm³/mol. The summed E-state index contributed by atoms with van der Waals surface area (Å²) in [6.07, 6.45) is 4.90. The Balaban J connectivity index is 2.32. The lowest BCUT2D eigenvalue weighted by molar-refractivity contribution is 0.362. The van der Waals surface area contributed by atoms with Crippen molar-refractivity contribution in [2.24, 2.45) is 11.3 Å². The Morgan fingerprint density at radius 3 is 2.50 bits per heavy atom. The van der Waals surface area contributed by atoms with E-state index in [1.807, 2.05) is 11.8 Å². The summed E-state index contributed by atoms with van der Waals surface area (Å²) in [5, 5.41) is 4.46. The van der Waals surface area contributed by atoms with Gasteiger partial charge in [0.25, 0.3) is 0 Å². The van der Waals surface area contributed by atoms with Gasteiger partial charge in [-0.2, -0.15) is 11.8 Å². The largest absolute Gasteiger partial charge is 0.313 e. The van der Waals surface area contributed by atoms with Gasteiger partial charge in [0.1, 0.15) is 0 Å². The third-order valence-corrected chi connectivity index (χ3v) is 4.38. The third kappa shape index (κ3) is 3.47. The minimum absolute atomic E-state index is 0.555. The standard InChI is InChI=1S/C12H25NS/c1-9-6-12(3,4)7-11(9)13-8-10(2)14-5/h9-11,13H,6-8H2,1-5H3. The van der Waals surface area contributed by atoms with Gasteiger partial charge in [0.15, 0.2) is 0 Å². The fraction of sp³-hybridized carbons (Fsp3) is 1.00. The van der Waals surface area contributed by atoms with Gasteiger partial charge in [-0.3, -0.25) is 0 Å². The fourth-order valence-corrected chi connectivity index (χ4v) is 2.83. The van der Waals surface area contributed by atoms with E-state index in [-0.39, 0.29) is 0 Å². The van der Waals surface area contributed by atoms with Gasteiger partial charge in [-0.05, 0) is 30.4 Å². The van der Waals surface area contributed by atoms with Gasteiger partial charge in [-0.1, -0.05) is 27.7 Å². The highest BCUT2D eigenvalue weighted by Crippen LogP contribution is 2.40. The van der Waals surface area contributed by atoms with E-state index < -0.39 is 0 Å². The summed E-state index contributed by atoms with van der Waals surface area (Å²) < 4.78 is 0. The van der Waals surface area contributed by atoms with Crippen LogP contribution in [0.2, 0.25) is 0 Å². The molecule has 1 nitrogen and oxygen atoms in total. The molecule has 1 aliphatic carbocycles. The molecule has 84 valence electrons. The molecular formula is C12H25NS. The molecule has 0 saturated heterocycles. The van der Waals surface area contributed by atoms with Crippen LogP contribution >= 0.6 is 11.8 Å². The fourth-order valence-electron chi connectivity index (χ4n) is 2.57. The monoisotopic (exact) mass is 215 g/mol. The number of hydrogen-bond acceptors (Lipinski definition) is 2. The molecule has 1 rings (SSSR count). The van der Waals surface area contributed by atoms with Crippen molar-refractivity contribution in [1.82, 2.24) is 5.32 Å². The van der Waals surface area contributed by atoms with E-state index in [1.54, 1.807) is 0 Å². The van der Waals surface area contributed by atoms with Gasteiger partial charge >= 0.3 is 0 Å². The van der Waals surface area contributed by atoms with Crippen LogP contribution in [-0.2, 0) is 0 Å². The summed E-state index contributed by atoms with van der Waals surface area (Å²) >= 11 is 1.95. The second kappa shape index (κ2) is 4.89. The molecule has 1 fully saturated rings. The molecule has 0 aromatic heterocycles. The van der Waals surface area contributed by atoms with Gasteiger partial charge in [0, 0.05) is 17.8 Å². The molecule has 0 aromatic carbocycles. The molecule has 3 unspecified atom stereocenters. The maximum Gasteiger partial charge on any atom is 0.0141 e. The van der Waals surface area contributed by atoms with E-state index in [0.717, 1.165) is 23.8 Å². The van der Waals surface area contributed by atoms with Crippen LogP contribution in [0.25, 0.3) is 0 Å². The predicted octanol–water partition coefficient (Wildman–Crippen LogP) is 3.15. The first-order chi connectivity index (χ1) is 6.44. The molecule has 3 atom stereocenters. The molecule has 1 aliphatic rings. The zero-order valence-corrected chi connectivity index (χ0v) is 11.1. The topological polar surface area (TPSA) is 12.0 Å². The molecule has 1 N–H and O–H groups in total. The number of nitrogens with one attached hydrogen (secondary N) is 1. The van der Waals surface area contributed by atoms with Crippen LogP contribution in [0.5, 0.6) is 0 Å². The summed E-state index contributed by atoms with van der Waals surface area (Å²) in [6.45, 7) is 10.6. The molecule has 0 heterocycles. The van der Waals surface area contributed by atoms with Gasteiger partial charge in [0.2, 0.25) is 0 Å². The highest BCUT2D eigenvalue weighted by molar-refractivity contribution is 7.99. The lowest BCUT2D eigenvalue weighted by atomic mass is 9.91. The number of hydrogen-bond donors (Lipinski definition) is 1. The lowest BCUT2D eigenvalue weighted by Gasteiger charge is -2.20. The maximum atomic E-state index is 3.72. The molecule has 0 aliphatic heterocycles. The van der Waals surface area contributed by atoms with E-state index in [2.05, 4.69) is 39.3 Å². The van der Waals surface area contributed by atoms with Gasteiger partial charge in [-0.15, -0.1) is 0 Å². The second-order valence-electron chi connectivity index (χ2n) is 5.61. The van der Waals surface area contributed by atoms with E-state index in [1.165, 1.54) is 12.8 Å². The SMILES string of the molecule is CSC(C)CNC1CC(C)(C)CC1C. The number of rotatable bonds is 4. The van der Waals surface area contributed by atoms with Crippen molar-refractivity contribution in [3.63, 3.8) is 0 Å². The molecule has 0 radical (unpaired) electrons. The summed E-state index contributed by atoms with van der Waals surface area (Å²) in [5.41, 5.74) is 0.555. The Morgan fingerprint density at radius 2 is 2.07 bits per heavy atom. The van der Waals surface area contributed by atoms with Crippen molar-refractivity contribution >= 4 is 11.8 Å². The van der Waals surface area contributed by atoms with Crippen LogP contribution in [0.4, 0.5) is 0 Å².